The number of carbonyl (C=O) groups is 2. The first-order valence-corrected chi connectivity index (χ1v) is 8.04. The monoisotopic (exact) mass is 382 g/mol. The molecule has 3 aromatic rings. The number of hydrogen-bond acceptors (Lipinski definition) is 8. The quantitative estimate of drug-likeness (QED) is 0.386. The third kappa shape index (κ3) is 4.15. The summed E-state index contributed by atoms with van der Waals surface area (Å²) in [4.78, 5) is 34.8. The van der Waals surface area contributed by atoms with Crippen LogP contribution in [0.1, 0.15) is 17.3 Å². The summed E-state index contributed by atoms with van der Waals surface area (Å²) in [6.45, 7) is 1.37. The lowest BCUT2D eigenvalue weighted by Gasteiger charge is -2.13. The zero-order chi connectivity index (χ0) is 20.1. The van der Waals surface area contributed by atoms with Crippen LogP contribution in [0.3, 0.4) is 0 Å². The zero-order valence-electron chi connectivity index (χ0n) is 14.6. The van der Waals surface area contributed by atoms with Crippen molar-refractivity contribution in [3.05, 3.63) is 70.5 Å². The van der Waals surface area contributed by atoms with Crippen molar-refractivity contribution in [2.45, 2.75) is 13.0 Å². The van der Waals surface area contributed by atoms with Gasteiger partial charge in [0.1, 0.15) is 12.0 Å². The fourth-order valence-corrected chi connectivity index (χ4v) is 2.28. The maximum atomic E-state index is 12.2. The van der Waals surface area contributed by atoms with E-state index in [-0.39, 0.29) is 16.9 Å². The maximum Gasteiger partial charge on any atom is 0.338 e. The van der Waals surface area contributed by atoms with Crippen molar-refractivity contribution >= 4 is 23.3 Å². The molecule has 11 heteroatoms. The van der Waals surface area contributed by atoms with E-state index in [2.05, 4.69) is 20.8 Å². The van der Waals surface area contributed by atoms with Crippen LogP contribution in [0.15, 0.2) is 54.9 Å². The third-order valence-electron chi connectivity index (χ3n) is 3.73. The number of hydrogen-bond donors (Lipinski definition) is 1. The Morgan fingerprint density at radius 1 is 1.18 bits per heavy atom. The highest BCUT2D eigenvalue weighted by Crippen LogP contribution is 2.23. The van der Waals surface area contributed by atoms with Gasteiger partial charge in [0.05, 0.1) is 16.2 Å². The van der Waals surface area contributed by atoms with Gasteiger partial charge in [0, 0.05) is 6.07 Å². The summed E-state index contributed by atoms with van der Waals surface area (Å²) >= 11 is 0. The molecule has 1 amide bonds. The molecule has 1 N–H and O–H groups in total. The lowest BCUT2D eigenvalue weighted by molar-refractivity contribution is -0.383. The number of nitrogens with one attached hydrogen (secondary N) is 1. The van der Waals surface area contributed by atoms with E-state index in [4.69, 9.17) is 4.74 Å². The van der Waals surface area contributed by atoms with E-state index in [0.29, 0.717) is 5.69 Å². The van der Waals surface area contributed by atoms with Gasteiger partial charge in [-0.15, -0.1) is 5.10 Å². The third-order valence-corrected chi connectivity index (χ3v) is 3.73. The largest absolute Gasteiger partial charge is 0.449 e. The molecule has 11 nitrogen and oxygen atoms in total. The molecule has 1 aromatic heterocycles. The van der Waals surface area contributed by atoms with Crippen LogP contribution in [0.4, 0.5) is 11.4 Å². The second-order valence-corrected chi connectivity index (χ2v) is 5.61. The van der Waals surface area contributed by atoms with Gasteiger partial charge in [0.2, 0.25) is 0 Å². The van der Waals surface area contributed by atoms with Crippen molar-refractivity contribution in [3.8, 4) is 5.69 Å². The van der Waals surface area contributed by atoms with Crippen molar-refractivity contribution in [1.82, 2.24) is 20.2 Å². The average molecular weight is 382 g/mol. The molecule has 28 heavy (non-hydrogen) atoms. The molecule has 0 bridgehead atoms. The molecule has 0 aliphatic carbocycles. The molecule has 0 fully saturated rings. The highest BCUT2D eigenvalue weighted by atomic mass is 16.6. The lowest BCUT2D eigenvalue weighted by atomic mass is 10.2. The normalized spacial score (nSPS) is 11.5. The summed E-state index contributed by atoms with van der Waals surface area (Å²) in [5.41, 5.74) is 0.629. The number of aromatic nitrogens is 4. The predicted molar refractivity (Wildman–Crippen MR) is 95.8 cm³/mol. The standard InChI is InChI=1S/C17H14N6O5/c1-11(16(24)19-14-4-2-3-5-15(14)23(26)27)28-17(25)12-6-8-13(9-7-12)22-10-18-20-21-22/h2-11H,1H3,(H,19,24)/t11-/m1/s1. The minimum Gasteiger partial charge on any atom is -0.449 e. The first-order valence-electron chi connectivity index (χ1n) is 8.04. The molecule has 0 aliphatic heterocycles. The van der Waals surface area contributed by atoms with Crippen molar-refractivity contribution < 1.29 is 19.2 Å². The fourth-order valence-electron chi connectivity index (χ4n) is 2.28. The Morgan fingerprint density at radius 3 is 2.54 bits per heavy atom. The molecule has 0 spiro atoms. The van der Waals surface area contributed by atoms with Crippen LogP contribution in [-0.2, 0) is 9.53 Å². The van der Waals surface area contributed by atoms with E-state index < -0.39 is 22.9 Å². The maximum absolute atomic E-state index is 12.2. The number of tetrazole rings is 1. The number of amides is 1. The summed E-state index contributed by atoms with van der Waals surface area (Å²) in [6.07, 6.45) is 0.245. The number of ether oxygens (including phenoxy) is 1. The number of para-hydroxylation sites is 2. The van der Waals surface area contributed by atoms with Crippen molar-refractivity contribution in [1.29, 1.82) is 0 Å². The van der Waals surface area contributed by atoms with Crippen LogP contribution in [0.25, 0.3) is 5.69 Å². The summed E-state index contributed by atoms with van der Waals surface area (Å²) < 4.78 is 6.55. The van der Waals surface area contributed by atoms with E-state index in [1.807, 2.05) is 0 Å². The molecular weight excluding hydrogens is 368 g/mol. The molecule has 0 radical (unpaired) electrons. The Morgan fingerprint density at radius 2 is 1.89 bits per heavy atom. The van der Waals surface area contributed by atoms with Crippen molar-refractivity contribution in [2.75, 3.05) is 5.32 Å². The van der Waals surface area contributed by atoms with Gasteiger partial charge in [-0.1, -0.05) is 12.1 Å². The van der Waals surface area contributed by atoms with Gasteiger partial charge in [0.15, 0.2) is 6.10 Å². The minimum absolute atomic E-state index is 0.0196. The number of nitrogens with zero attached hydrogens (tertiary/aromatic N) is 5. The Balaban J connectivity index is 1.64. The summed E-state index contributed by atoms with van der Waals surface area (Å²) in [6, 6.07) is 11.9. The zero-order valence-corrected chi connectivity index (χ0v) is 14.6. The van der Waals surface area contributed by atoms with Gasteiger partial charge in [0.25, 0.3) is 11.6 Å². The van der Waals surface area contributed by atoms with Crippen LogP contribution < -0.4 is 5.32 Å². The highest BCUT2D eigenvalue weighted by Gasteiger charge is 2.22. The fraction of sp³-hybridized carbons (Fsp3) is 0.118. The van der Waals surface area contributed by atoms with Crippen molar-refractivity contribution in [3.63, 3.8) is 0 Å². The van der Waals surface area contributed by atoms with Gasteiger partial charge in [-0.2, -0.15) is 0 Å². The summed E-state index contributed by atoms with van der Waals surface area (Å²) in [5, 5.41) is 24.2. The molecule has 0 saturated carbocycles. The molecule has 1 atom stereocenters. The Kier molecular flexibility index (Phi) is 5.35. The molecule has 2 aromatic carbocycles. The van der Waals surface area contributed by atoms with Crippen LogP contribution in [0.2, 0.25) is 0 Å². The molecule has 142 valence electrons. The van der Waals surface area contributed by atoms with Crippen LogP contribution in [-0.4, -0.2) is 43.1 Å². The number of esters is 1. The Bertz CT molecular complexity index is 1000. The Labute approximate surface area is 158 Å². The van der Waals surface area contributed by atoms with Crippen LogP contribution >= 0.6 is 0 Å². The number of rotatable bonds is 6. The topological polar surface area (TPSA) is 142 Å². The molecule has 0 saturated heterocycles. The molecule has 0 unspecified atom stereocenters. The molecule has 3 rings (SSSR count). The van der Waals surface area contributed by atoms with Crippen LogP contribution in [0, 0.1) is 10.1 Å². The van der Waals surface area contributed by atoms with Crippen molar-refractivity contribution in [2.24, 2.45) is 0 Å². The summed E-state index contributed by atoms with van der Waals surface area (Å²) in [7, 11) is 0. The van der Waals surface area contributed by atoms with E-state index in [9.17, 15) is 19.7 Å². The van der Waals surface area contributed by atoms with E-state index in [1.165, 1.54) is 48.3 Å². The Hall–Kier alpha value is -4.15. The van der Waals surface area contributed by atoms with E-state index in [1.54, 1.807) is 18.2 Å². The molecular formula is C17H14N6O5. The van der Waals surface area contributed by atoms with E-state index >= 15 is 0 Å². The van der Waals surface area contributed by atoms with Gasteiger partial charge < -0.3 is 10.1 Å². The van der Waals surface area contributed by atoms with Gasteiger partial charge in [-0.3, -0.25) is 14.9 Å². The number of nitro groups is 1. The van der Waals surface area contributed by atoms with Gasteiger partial charge in [-0.05, 0) is 47.7 Å². The minimum atomic E-state index is -1.16. The number of carbonyl (C=O) groups excluding carboxylic acids is 2. The van der Waals surface area contributed by atoms with Gasteiger partial charge in [-0.25, -0.2) is 9.48 Å². The number of benzene rings is 2. The highest BCUT2D eigenvalue weighted by molar-refractivity contribution is 5.98. The number of anilines is 1. The second-order valence-electron chi connectivity index (χ2n) is 5.61. The summed E-state index contributed by atoms with van der Waals surface area (Å²) in [5.74, 6) is -1.40. The van der Waals surface area contributed by atoms with E-state index in [0.717, 1.165) is 0 Å². The smallest absolute Gasteiger partial charge is 0.338 e. The second kappa shape index (κ2) is 8.03. The number of nitro benzene ring substituents is 1. The first kappa shape index (κ1) is 18.6. The first-order chi connectivity index (χ1) is 13.5. The molecule has 0 aliphatic rings. The molecule has 1 heterocycles. The van der Waals surface area contributed by atoms with Gasteiger partial charge >= 0.3 is 5.97 Å². The predicted octanol–water partition coefficient (Wildman–Crippen LogP) is 1.75. The average Bonchev–Trinajstić information content (AvgIpc) is 3.23. The lowest BCUT2D eigenvalue weighted by Crippen LogP contribution is -2.30. The SMILES string of the molecule is C[C@@H](OC(=O)c1ccc(-n2cnnn2)cc1)C(=O)Nc1ccccc1[N+](=O)[O-]. The van der Waals surface area contributed by atoms with Crippen LogP contribution in [0.5, 0.6) is 0 Å².